The van der Waals surface area contributed by atoms with E-state index in [4.69, 9.17) is 5.73 Å². The molecule has 3 heterocycles. The molecule has 3 aromatic heterocycles. The van der Waals surface area contributed by atoms with Crippen LogP contribution in [0.2, 0.25) is 0 Å². The van der Waals surface area contributed by atoms with Crippen molar-refractivity contribution in [1.82, 2.24) is 24.6 Å². The van der Waals surface area contributed by atoms with E-state index in [1.54, 1.807) is 17.1 Å². The van der Waals surface area contributed by atoms with Gasteiger partial charge in [0.15, 0.2) is 0 Å². The molecule has 10 nitrogen and oxygen atoms in total. The minimum atomic E-state index is -0.611. The monoisotopic (exact) mass is 450 g/mol. The molecule has 1 fully saturated rings. The number of amides is 2. The fourth-order valence-electron chi connectivity index (χ4n) is 3.69. The average Bonchev–Trinajstić information content (AvgIpc) is 3.34. The molecule has 33 heavy (non-hydrogen) atoms. The third-order valence-electron chi connectivity index (χ3n) is 5.59. The van der Waals surface area contributed by atoms with Crippen LogP contribution in [0.25, 0.3) is 22.2 Å². The van der Waals surface area contributed by atoms with Gasteiger partial charge in [-0.05, 0) is 56.3 Å². The molecule has 170 valence electrons. The fraction of sp³-hybridized carbons (Fsp3) is 0.318. The van der Waals surface area contributed by atoms with Crippen LogP contribution in [0, 0.1) is 5.82 Å². The number of rotatable bonds is 4. The van der Waals surface area contributed by atoms with Gasteiger partial charge in [-0.25, -0.2) is 19.2 Å². The Bertz CT molecular complexity index is 1360. The zero-order chi connectivity index (χ0) is 23.3. The van der Waals surface area contributed by atoms with Crippen LogP contribution in [0.4, 0.5) is 26.6 Å². The summed E-state index contributed by atoms with van der Waals surface area (Å²) < 4.78 is 18.8. The maximum absolute atomic E-state index is 14.9. The minimum Gasteiger partial charge on any atom is -0.383 e. The quantitative estimate of drug-likeness (QED) is 0.353. The third-order valence-corrected chi connectivity index (χ3v) is 5.59. The largest absolute Gasteiger partial charge is 0.383 e. The summed E-state index contributed by atoms with van der Waals surface area (Å²) in [6, 6.07) is 4.39. The summed E-state index contributed by atoms with van der Waals surface area (Å²) in [7, 11) is 0. The van der Waals surface area contributed by atoms with Crippen molar-refractivity contribution in [2.45, 2.75) is 45.2 Å². The molecule has 0 unspecified atom stereocenters. The summed E-state index contributed by atoms with van der Waals surface area (Å²) in [5, 5.41) is 8.76. The van der Waals surface area contributed by atoms with E-state index in [9.17, 15) is 9.18 Å². The average molecular weight is 451 g/mol. The molecule has 0 spiro atoms. The van der Waals surface area contributed by atoms with Crippen molar-refractivity contribution in [2.75, 3.05) is 16.4 Å². The molecule has 5 N–H and O–H groups in total. The molecule has 2 amide bonds. The van der Waals surface area contributed by atoms with Gasteiger partial charge >= 0.3 is 18.3 Å². The molecular weight excluding hydrogens is 425 g/mol. The Labute approximate surface area is 189 Å². The van der Waals surface area contributed by atoms with Gasteiger partial charge in [0, 0.05) is 17.8 Å². The molecule has 0 bridgehead atoms. The number of nitrogens with one attached hydrogen (secondary N) is 3. The first-order chi connectivity index (χ1) is 15.7. The molecule has 1 aliphatic rings. The van der Waals surface area contributed by atoms with Crippen LogP contribution >= 0.6 is 0 Å². The smallest absolute Gasteiger partial charge is 0.355 e. The number of H-pyrrole nitrogens is 1. The number of anilines is 3. The summed E-state index contributed by atoms with van der Waals surface area (Å²) in [6.07, 6.45) is 7.12. The lowest BCUT2D eigenvalue weighted by atomic mass is 10.1. The van der Waals surface area contributed by atoms with Crippen molar-refractivity contribution >= 4 is 34.5 Å². The lowest BCUT2D eigenvalue weighted by Crippen LogP contribution is -2.51. The molecule has 1 aliphatic carbocycles. The van der Waals surface area contributed by atoms with Crippen LogP contribution in [0.3, 0.4) is 0 Å². The molecule has 0 radical (unpaired) electrons. The van der Waals surface area contributed by atoms with Gasteiger partial charge < -0.3 is 15.6 Å². The van der Waals surface area contributed by atoms with Gasteiger partial charge in [0.25, 0.3) is 0 Å². The van der Waals surface area contributed by atoms with Gasteiger partial charge in [0.1, 0.15) is 29.1 Å². The predicted octanol–water partition coefficient (Wildman–Crippen LogP) is 3.56. The highest BCUT2D eigenvalue weighted by Crippen LogP contribution is 2.42. The lowest BCUT2D eigenvalue weighted by Gasteiger charge is -2.11. The molecule has 5 rings (SSSR count). The number of nitrogens with two attached hydrogens (primary N) is 1. The first-order valence-electron chi connectivity index (χ1n) is 10.7. The summed E-state index contributed by atoms with van der Waals surface area (Å²) >= 11 is 0. The Hall–Kier alpha value is -4.02. The molecule has 1 aromatic carbocycles. The number of benzene rings is 1. The number of carbonyl (C=O) groups excluding carboxylic acids is 1. The predicted molar refractivity (Wildman–Crippen MR) is 122 cm³/mol. The van der Waals surface area contributed by atoms with Gasteiger partial charge in [-0.2, -0.15) is 9.78 Å². The second-order valence-electron chi connectivity index (χ2n) is 9.16. The maximum atomic E-state index is 14.9. The molecule has 11 heteroatoms. The number of aromatic nitrogens is 6. The summed E-state index contributed by atoms with van der Waals surface area (Å²) in [5.74, 6) is 0.0275. The summed E-state index contributed by atoms with van der Waals surface area (Å²) in [6.45, 7) is 5.98. The van der Waals surface area contributed by atoms with Crippen molar-refractivity contribution in [3.8, 4) is 11.1 Å². The Morgan fingerprint density at radius 1 is 1.24 bits per heavy atom. The SMILES string of the molecule is CC(C)(C)[n+]1cnc(NC(=O)Nc2ccc(-c3cn(C4CC4)c4ncnc(N)c34)cc2F)[nH]1. The van der Waals surface area contributed by atoms with Gasteiger partial charge in [-0.1, -0.05) is 6.07 Å². The summed E-state index contributed by atoms with van der Waals surface area (Å²) in [4.78, 5) is 25.0. The van der Waals surface area contributed by atoms with Crippen molar-refractivity contribution in [3.05, 3.63) is 42.9 Å². The molecular formula is C22H25FN9O+. The highest BCUT2D eigenvalue weighted by molar-refractivity contribution is 6.02. The topological polar surface area (TPSA) is 130 Å². The van der Waals surface area contributed by atoms with Crippen molar-refractivity contribution in [2.24, 2.45) is 0 Å². The van der Waals surface area contributed by atoms with Crippen LogP contribution in [0.5, 0.6) is 0 Å². The van der Waals surface area contributed by atoms with Gasteiger partial charge in [0.05, 0.1) is 11.1 Å². The minimum absolute atomic E-state index is 0.0432. The molecule has 4 aromatic rings. The number of hydrogen-bond donors (Lipinski definition) is 4. The van der Waals surface area contributed by atoms with Crippen LogP contribution < -0.4 is 21.0 Å². The Balaban J connectivity index is 1.38. The normalized spacial score (nSPS) is 13.9. The first-order valence-corrected chi connectivity index (χ1v) is 10.7. The van der Waals surface area contributed by atoms with Gasteiger partial charge in [0.2, 0.25) is 0 Å². The molecule has 0 saturated heterocycles. The highest BCUT2D eigenvalue weighted by Gasteiger charge is 2.28. The standard InChI is InChI=1S/C22H24FN9O/c1-22(2,3)32-11-27-20(30-32)29-21(33)28-16-7-4-12(8-15(16)23)14-9-31(13-5-6-13)19-17(14)18(24)25-10-26-19/h4,7-11,13H,5-6H2,1-3H3,(H4,24,25,26,28,29,30,33)/p+1. The van der Waals surface area contributed by atoms with Crippen LogP contribution in [0.1, 0.15) is 39.7 Å². The number of nitrogen functional groups attached to an aromatic ring is 1. The number of aromatic amines is 1. The Morgan fingerprint density at radius 2 is 2.03 bits per heavy atom. The van der Waals surface area contributed by atoms with Gasteiger partial charge in [-0.15, -0.1) is 0 Å². The molecule has 0 atom stereocenters. The van der Waals surface area contributed by atoms with E-state index >= 15 is 0 Å². The number of urea groups is 1. The van der Waals surface area contributed by atoms with Crippen LogP contribution in [-0.2, 0) is 5.54 Å². The van der Waals surface area contributed by atoms with E-state index in [-0.39, 0.29) is 17.2 Å². The number of fused-ring (bicyclic) bond motifs is 1. The number of halogens is 1. The molecule has 0 aliphatic heterocycles. The van der Waals surface area contributed by atoms with Crippen molar-refractivity contribution in [1.29, 1.82) is 0 Å². The lowest BCUT2D eigenvalue weighted by molar-refractivity contribution is -0.803. The van der Waals surface area contributed by atoms with E-state index in [1.165, 1.54) is 18.5 Å². The number of hydrogen-bond acceptors (Lipinski definition) is 5. The first kappa shape index (κ1) is 20.9. The Morgan fingerprint density at radius 3 is 2.70 bits per heavy atom. The Kier molecular flexibility index (Phi) is 4.76. The van der Waals surface area contributed by atoms with E-state index in [2.05, 4.69) is 35.3 Å². The van der Waals surface area contributed by atoms with Crippen LogP contribution in [0.15, 0.2) is 37.1 Å². The maximum Gasteiger partial charge on any atom is 0.355 e. The van der Waals surface area contributed by atoms with E-state index in [0.29, 0.717) is 22.8 Å². The second-order valence-corrected chi connectivity index (χ2v) is 9.16. The van der Waals surface area contributed by atoms with Crippen molar-refractivity contribution < 1.29 is 13.9 Å². The van der Waals surface area contributed by atoms with E-state index in [1.807, 2.05) is 27.0 Å². The third kappa shape index (κ3) is 3.97. The van der Waals surface area contributed by atoms with Crippen molar-refractivity contribution in [3.63, 3.8) is 0 Å². The van der Waals surface area contributed by atoms with Gasteiger partial charge in [-0.3, -0.25) is 5.32 Å². The highest BCUT2D eigenvalue weighted by atomic mass is 19.1. The van der Waals surface area contributed by atoms with Crippen LogP contribution in [-0.4, -0.2) is 30.6 Å². The van der Waals surface area contributed by atoms with E-state index < -0.39 is 11.8 Å². The summed E-state index contributed by atoms with van der Waals surface area (Å²) in [5.41, 5.74) is 8.08. The van der Waals surface area contributed by atoms with E-state index in [0.717, 1.165) is 24.1 Å². The fourth-order valence-corrected chi connectivity index (χ4v) is 3.69. The zero-order valence-corrected chi connectivity index (χ0v) is 18.6. The molecule has 1 saturated carbocycles. The zero-order valence-electron chi connectivity index (χ0n) is 18.6. The number of carbonyl (C=O) groups is 1. The number of nitrogens with zero attached hydrogens (tertiary/aromatic N) is 5. The second kappa shape index (κ2) is 7.54.